The maximum absolute atomic E-state index is 11.4. The van der Waals surface area contributed by atoms with Gasteiger partial charge in [0.05, 0.1) is 0 Å². The first-order chi connectivity index (χ1) is 11.3. The Morgan fingerprint density at radius 1 is 0.792 bits per heavy atom. The van der Waals surface area contributed by atoms with Crippen molar-refractivity contribution in [2.75, 3.05) is 0 Å². The molecule has 0 N–H and O–H groups in total. The zero-order chi connectivity index (χ0) is 17.9. The predicted octanol–water partition coefficient (Wildman–Crippen LogP) is 4.22. The Kier molecular flexibility index (Phi) is 5.19. The molecule has 0 aliphatic heterocycles. The minimum atomic E-state index is -0.403. The van der Waals surface area contributed by atoms with Gasteiger partial charge < -0.3 is 9.47 Å². The summed E-state index contributed by atoms with van der Waals surface area (Å²) in [7, 11) is 0. The monoisotopic (exact) mass is 324 g/mol. The third-order valence-corrected chi connectivity index (χ3v) is 3.58. The molecule has 0 spiro atoms. The van der Waals surface area contributed by atoms with Gasteiger partial charge in [-0.1, -0.05) is 30.8 Å². The van der Waals surface area contributed by atoms with E-state index in [4.69, 9.17) is 9.47 Å². The lowest BCUT2D eigenvalue weighted by atomic mass is 9.91. The summed E-state index contributed by atoms with van der Waals surface area (Å²) in [5.41, 5.74) is 3.90. The van der Waals surface area contributed by atoms with E-state index in [1.165, 1.54) is 13.8 Å². The number of hydrogen-bond acceptors (Lipinski definition) is 4. The van der Waals surface area contributed by atoms with Crippen LogP contribution in [0.3, 0.4) is 0 Å². The molecule has 0 saturated carbocycles. The Morgan fingerprint density at radius 2 is 1.17 bits per heavy atom. The minimum Gasteiger partial charge on any atom is -0.426 e. The van der Waals surface area contributed by atoms with Gasteiger partial charge >= 0.3 is 11.9 Å². The highest BCUT2D eigenvalue weighted by Crippen LogP contribution is 2.38. The van der Waals surface area contributed by atoms with Crippen LogP contribution in [0.2, 0.25) is 0 Å². The normalized spacial score (nSPS) is 10.2. The molecule has 0 bridgehead atoms. The van der Waals surface area contributed by atoms with Crippen molar-refractivity contribution in [2.45, 2.75) is 27.7 Å². The molecule has 0 amide bonds. The molecule has 2 rings (SSSR count). The van der Waals surface area contributed by atoms with Crippen molar-refractivity contribution in [2.24, 2.45) is 0 Å². The van der Waals surface area contributed by atoms with Gasteiger partial charge in [0.1, 0.15) is 11.5 Å². The Morgan fingerprint density at radius 3 is 1.50 bits per heavy atom. The molecule has 0 aliphatic carbocycles. The summed E-state index contributed by atoms with van der Waals surface area (Å²) < 4.78 is 10.6. The van der Waals surface area contributed by atoms with Gasteiger partial charge in [0.25, 0.3) is 0 Å². The summed E-state index contributed by atoms with van der Waals surface area (Å²) in [5, 5.41) is 0. The van der Waals surface area contributed by atoms with E-state index in [9.17, 15) is 9.59 Å². The second-order valence-corrected chi connectivity index (χ2v) is 5.56. The number of hydrogen-bond donors (Lipinski definition) is 0. The average Bonchev–Trinajstić information content (AvgIpc) is 2.45. The summed E-state index contributed by atoms with van der Waals surface area (Å²) in [4.78, 5) is 22.8. The molecular weight excluding hydrogens is 304 g/mol. The molecule has 4 heteroatoms. The van der Waals surface area contributed by atoms with Crippen LogP contribution in [0.25, 0.3) is 5.57 Å². The van der Waals surface area contributed by atoms with Gasteiger partial charge in [0, 0.05) is 25.0 Å². The van der Waals surface area contributed by atoms with E-state index in [2.05, 4.69) is 6.58 Å². The number of rotatable bonds is 4. The fourth-order valence-corrected chi connectivity index (χ4v) is 2.66. The van der Waals surface area contributed by atoms with Crippen LogP contribution in [0.4, 0.5) is 0 Å². The zero-order valence-corrected chi connectivity index (χ0v) is 14.3. The first-order valence-corrected chi connectivity index (χ1v) is 7.57. The van der Waals surface area contributed by atoms with Gasteiger partial charge in [-0.3, -0.25) is 9.59 Å². The van der Waals surface area contributed by atoms with Crippen molar-refractivity contribution in [1.82, 2.24) is 0 Å². The maximum atomic E-state index is 11.4. The molecule has 4 nitrogen and oxygen atoms in total. The Labute approximate surface area is 141 Å². The van der Waals surface area contributed by atoms with Crippen molar-refractivity contribution >= 4 is 17.5 Å². The zero-order valence-electron chi connectivity index (χ0n) is 14.3. The van der Waals surface area contributed by atoms with Crippen LogP contribution in [0.1, 0.15) is 36.1 Å². The summed E-state index contributed by atoms with van der Waals surface area (Å²) >= 11 is 0. The summed E-state index contributed by atoms with van der Waals surface area (Å²) in [6.07, 6.45) is 0. The van der Waals surface area contributed by atoms with Gasteiger partial charge in [0.15, 0.2) is 0 Å². The smallest absolute Gasteiger partial charge is 0.308 e. The molecule has 24 heavy (non-hydrogen) atoms. The van der Waals surface area contributed by atoms with Crippen LogP contribution in [-0.2, 0) is 9.59 Å². The fourth-order valence-electron chi connectivity index (χ4n) is 2.66. The van der Waals surface area contributed by atoms with Crippen LogP contribution >= 0.6 is 0 Å². The lowest BCUT2D eigenvalue weighted by Crippen LogP contribution is -2.08. The van der Waals surface area contributed by atoms with Crippen molar-refractivity contribution in [3.63, 3.8) is 0 Å². The quantitative estimate of drug-likeness (QED) is 0.624. The van der Waals surface area contributed by atoms with Gasteiger partial charge in [0.2, 0.25) is 0 Å². The van der Waals surface area contributed by atoms with Gasteiger partial charge in [-0.2, -0.15) is 0 Å². The number of carbonyl (C=O) groups is 2. The fraction of sp³-hybridized carbons (Fsp3) is 0.200. The summed E-state index contributed by atoms with van der Waals surface area (Å²) in [5.74, 6) is 0.0633. The number of ether oxygens (including phenoxy) is 2. The summed E-state index contributed by atoms with van der Waals surface area (Å²) in [6.45, 7) is 10.7. The van der Waals surface area contributed by atoms with Crippen molar-refractivity contribution in [1.29, 1.82) is 0 Å². The molecule has 2 aromatic rings. The third kappa shape index (κ3) is 3.71. The maximum Gasteiger partial charge on any atom is 0.308 e. The lowest BCUT2D eigenvalue weighted by molar-refractivity contribution is -0.132. The number of esters is 2. The second kappa shape index (κ2) is 7.13. The highest BCUT2D eigenvalue weighted by molar-refractivity contribution is 5.89. The first kappa shape index (κ1) is 17.5. The molecule has 2 aromatic carbocycles. The third-order valence-electron chi connectivity index (χ3n) is 3.58. The molecule has 124 valence electrons. The van der Waals surface area contributed by atoms with E-state index in [0.717, 1.165) is 22.3 Å². The number of benzene rings is 2. The van der Waals surface area contributed by atoms with Crippen LogP contribution in [-0.4, -0.2) is 11.9 Å². The topological polar surface area (TPSA) is 52.6 Å². The Hall–Kier alpha value is -2.88. The number of carbonyl (C=O) groups excluding carboxylic acids is 2. The highest BCUT2D eigenvalue weighted by Gasteiger charge is 2.19. The van der Waals surface area contributed by atoms with E-state index in [-0.39, 0.29) is 0 Å². The van der Waals surface area contributed by atoms with E-state index in [0.29, 0.717) is 17.1 Å². The van der Waals surface area contributed by atoms with Gasteiger partial charge in [-0.15, -0.1) is 0 Å². The van der Waals surface area contributed by atoms with Crippen LogP contribution in [0.5, 0.6) is 11.5 Å². The Bertz CT molecular complexity index is 751. The van der Waals surface area contributed by atoms with E-state index in [1.807, 2.05) is 38.1 Å². The summed E-state index contributed by atoms with van der Waals surface area (Å²) in [6, 6.07) is 10.9. The van der Waals surface area contributed by atoms with E-state index >= 15 is 0 Å². The van der Waals surface area contributed by atoms with E-state index in [1.54, 1.807) is 12.1 Å². The molecule has 0 radical (unpaired) electrons. The average molecular weight is 324 g/mol. The van der Waals surface area contributed by atoms with Crippen LogP contribution in [0.15, 0.2) is 43.0 Å². The molecule has 0 aliphatic rings. The molecule has 0 unspecified atom stereocenters. The lowest BCUT2D eigenvalue weighted by Gasteiger charge is -2.18. The van der Waals surface area contributed by atoms with Crippen molar-refractivity contribution in [3.05, 3.63) is 65.2 Å². The van der Waals surface area contributed by atoms with Crippen molar-refractivity contribution in [3.8, 4) is 11.5 Å². The molecule has 0 heterocycles. The number of aryl methyl sites for hydroxylation is 2. The van der Waals surface area contributed by atoms with Crippen LogP contribution in [0, 0.1) is 13.8 Å². The van der Waals surface area contributed by atoms with E-state index < -0.39 is 11.9 Å². The molecule has 0 atom stereocenters. The van der Waals surface area contributed by atoms with Crippen molar-refractivity contribution < 1.29 is 19.1 Å². The standard InChI is InChI=1S/C20H20O4/c1-12-8-6-10-17(23-15(4)21)19(12)14(3)20-13(2)9-7-11-18(20)24-16(5)22/h6-11H,3H2,1-2,4-5H3. The highest BCUT2D eigenvalue weighted by atomic mass is 16.5. The van der Waals surface area contributed by atoms with Gasteiger partial charge in [-0.05, 0) is 42.7 Å². The molecular formula is C20H20O4. The molecule has 0 fully saturated rings. The van der Waals surface area contributed by atoms with Crippen LogP contribution < -0.4 is 9.47 Å². The Balaban J connectivity index is 2.62. The minimum absolute atomic E-state index is 0.403. The predicted molar refractivity (Wildman–Crippen MR) is 93.1 cm³/mol. The second-order valence-electron chi connectivity index (χ2n) is 5.56. The molecule has 0 aromatic heterocycles. The molecule has 0 saturated heterocycles. The van der Waals surface area contributed by atoms with Gasteiger partial charge in [-0.25, -0.2) is 0 Å². The first-order valence-electron chi connectivity index (χ1n) is 7.57. The SMILES string of the molecule is C=C(c1c(C)cccc1OC(C)=O)c1c(C)cccc1OC(C)=O. The largest absolute Gasteiger partial charge is 0.426 e.